The quantitative estimate of drug-likeness (QED) is 0.877. The summed E-state index contributed by atoms with van der Waals surface area (Å²) in [5.74, 6) is 1.02. The Bertz CT molecular complexity index is 656. The van der Waals surface area contributed by atoms with Crippen LogP contribution in [0.2, 0.25) is 0 Å². The molecule has 2 aromatic rings. The van der Waals surface area contributed by atoms with E-state index in [0.717, 1.165) is 25.0 Å². The molecule has 0 unspecified atom stereocenters. The van der Waals surface area contributed by atoms with E-state index in [-0.39, 0.29) is 17.2 Å². The number of amides is 1. The number of rotatable bonds is 5. The van der Waals surface area contributed by atoms with Crippen LogP contribution in [0.4, 0.5) is 0 Å². The summed E-state index contributed by atoms with van der Waals surface area (Å²) >= 11 is 1.70. The highest BCUT2D eigenvalue weighted by Gasteiger charge is 2.23. The summed E-state index contributed by atoms with van der Waals surface area (Å²) < 4.78 is 0. The van der Waals surface area contributed by atoms with Crippen molar-refractivity contribution >= 4 is 17.7 Å². The molecule has 0 bridgehead atoms. The Labute approximate surface area is 142 Å². The molecule has 120 valence electrons. The maximum absolute atomic E-state index is 12.5. The predicted octanol–water partition coefficient (Wildman–Crippen LogP) is 4.50. The van der Waals surface area contributed by atoms with Gasteiger partial charge in [-0.05, 0) is 42.9 Å². The van der Waals surface area contributed by atoms with E-state index in [4.69, 9.17) is 0 Å². The molecule has 0 heterocycles. The minimum Gasteiger partial charge on any atom is -0.348 e. The molecule has 0 fully saturated rings. The van der Waals surface area contributed by atoms with E-state index < -0.39 is 0 Å². The second-order valence-corrected chi connectivity index (χ2v) is 7.42. The van der Waals surface area contributed by atoms with Crippen molar-refractivity contribution in [2.45, 2.75) is 43.2 Å². The summed E-state index contributed by atoms with van der Waals surface area (Å²) in [6.45, 7) is 2.00. The van der Waals surface area contributed by atoms with E-state index in [9.17, 15) is 4.79 Å². The molecule has 0 saturated heterocycles. The Kier molecular flexibility index (Phi) is 5.39. The fraction of sp³-hybridized carbons (Fsp3) is 0.350. The van der Waals surface area contributed by atoms with Crippen molar-refractivity contribution in [3.8, 4) is 0 Å². The van der Waals surface area contributed by atoms with Crippen LogP contribution in [-0.2, 0) is 17.0 Å². The second kappa shape index (κ2) is 7.69. The molecule has 1 amide bonds. The molecule has 3 rings (SSSR count). The van der Waals surface area contributed by atoms with Crippen LogP contribution >= 0.6 is 11.8 Å². The van der Waals surface area contributed by atoms with Crippen LogP contribution in [0.1, 0.15) is 42.5 Å². The molecule has 23 heavy (non-hydrogen) atoms. The topological polar surface area (TPSA) is 29.1 Å². The van der Waals surface area contributed by atoms with E-state index in [1.807, 2.05) is 25.1 Å². The van der Waals surface area contributed by atoms with Gasteiger partial charge in [-0.25, -0.2) is 0 Å². The summed E-state index contributed by atoms with van der Waals surface area (Å²) in [5.41, 5.74) is 3.95. The highest BCUT2D eigenvalue weighted by molar-refractivity contribution is 7.99. The van der Waals surface area contributed by atoms with Gasteiger partial charge >= 0.3 is 0 Å². The average molecular weight is 325 g/mol. The standard InChI is InChI=1S/C20H23NOS/c1-15(23-14-16-8-3-2-4-9-16)20(22)21-19-13-7-11-17-10-5-6-12-18(17)19/h2-6,8-10,12,15,19H,7,11,13-14H2,1H3,(H,21,22)/t15-,19-/m1/s1. The van der Waals surface area contributed by atoms with Gasteiger partial charge in [0.1, 0.15) is 0 Å². The van der Waals surface area contributed by atoms with Gasteiger partial charge in [0.05, 0.1) is 11.3 Å². The van der Waals surface area contributed by atoms with E-state index >= 15 is 0 Å². The van der Waals surface area contributed by atoms with Crippen LogP contribution in [0.15, 0.2) is 54.6 Å². The molecule has 0 aromatic heterocycles. The fourth-order valence-electron chi connectivity index (χ4n) is 3.06. The van der Waals surface area contributed by atoms with Gasteiger partial charge in [-0.15, -0.1) is 11.8 Å². The number of aryl methyl sites for hydroxylation is 1. The van der Waals surface area contributed by atoms with Crippen LogP contribution in [-0.4, -0.2) is 11.2 Å². The van der Waals surface area contributed by atoms with Crippen LogP contribution in [0.25, 0.3) is 0 Å². The molecule has 2 nitrogen and oxygen atoms in total. The van der Waals surface area contributed by atoms with Gasteiger partial charge in [-0.1, -0.05) is 54.6 Å². The van der Waals surface area contributed by atoms with Crippen molar-refractivity contribution < 1.29 is 4.79 Å². The first-order chi connectivity index (χ1) is 11.2. The lowest BCUT2D eigenvalue weighted by Gasteiger charge is -2.27. The Hall–Kier alpha value is -1.74. The van der Waals surface area contributed by atoms with Crippen molar-refractivity contribution in [2.24, 2.45) is 0 Å². The first-order valence-corrected chi connectivity index (χ1v) is 9.32. The Morgan fingerprint density at radius 1 is 1.17 bits per heavy atom. The van der Waals surface area contributed by atoms with Crippen molar-refractivity contribution in [2.75, 3.05) is 0 Å². The average Bonchev–Trinajstić information content (AvgIpc) is 2.61. The minimum atomic E-state index is -0.0377. The molecule has 0 spiro atoms. The van der Waals surface area contributed by atoms with E-state index in [1.54, 1.807) is 11.8 Å². The fourth-order valence-corrected chi connectivity index (χ4v) is 3.92. The first kappa shape index (κ1) is 16.1. The van der Waals surface area contributed by atoms with Gasteiger partial charge in [0.25, 0.3) is 0 Å². The lowest BCUT2D eigenvalue weighted by Crippen LogP contribution is -2.35. The molecule has 0 aliphatic heterocycles. The molecular weight excluding hydrogens is 302 g/mol. The molecule has 0 radical (unpaired) electrons. The third-order valence-corrected chi connectivity index (χ3v) is 5.61. The zero-order valence-corrected chi connectivity index (χ0v) is 14.3. The van der Waals surface area contributed by atoms with Crippen molar-refractivity contribution in [3.63, 3.8) is 0 Å². The largest absolute Gasteiger partial charge is 0.348 e. The number of carbonyl (C=O) groups excluding carboxylic acids is 1. The van der Waals surface area contributed by atoms with Crippen LogP contribution in [0.3, 0.4) is 0 Å². The summed E-state index contributed by atoms with van der Waals surface area (Å²) in [5, 5.41) is 3.21. The van der Waals surface area contributed by atoms with Gasteiger partial charge in [0, 0.05) is 5.75 Å². The number of nitrogens with one attached hydrogen (secondary N) is 1. The van der Waals surface area contributed by atoms with E-state index in [0.29, 0.717) is 0 Å². The molecule has 0 saturated carbocycles. The number of hydrogen-bond donors (Lipinski definition) is 1. The number of hydrogen-bond acceptors (Lipinski definition) is 2. The van der Waals surface area contributed by atoms with Crippen molar-refractivity contribution in [1.29, 1.82) is 0 Å². The highest BCUT2D eigenvalue weighted by atomic mass is 32.2. The SMILES string of the molecule is C[C@@H](SCc1ccccc1)C(=O)N[C@@H]1CCCc2ccccc21. The predicted molar refractivity (Wildman–Crippen MR) is 97.5 cm³/mol. The Balaban J connectivity index is 1.57. The molecule has 2 atom stereocenters. The first-order valence-electron chi connectivity index (χ1n) is 8.28. The lowest BCUT2D eigenvalue weighted by atomic mass is 9.88. The number of benzene rings is 2. The molecule has 2 aromatic carbocycles. The zero-order valence-electron chi connectivity index (χ0n) is 13.5. The second-order valence-electron chi connectivity index (χ2n) is 6.09. The molecule has 1 N–H and O–H groups in total. The monoisotopic (exact) mass is 325 g/mol. The number of carbonyl (C=O) groups is 1. The van der Waals surface area contributed by atoms with E-state index in [2.05, 4.69) is 41.7 Å². The van der Waals surface area contributed by atoms with Gasteiger partial charge in [0.15, 0.2) is 0 Å². The minimum absolute atomic E-state index is 0.0377. The van der Waals surface area contributed by atoms with Gasteiger partial charge in [0.2, 0.25) is 5.91 Å². The number of fused-ring (bicyclic) bond motifs is 1. The van der Waals surface area contributed by atoms with Gasteiger partial charge in [-0.3, -0.25) is 4.79 Å². The Morgan fingerprint density at radius 2 is 1.91 bits per heavy atom. The third-order valence-electron chi connectivity index (χ3n) is 4.40. The lowest BCUT2D eigenvalue weighted by molar-refractivity contribution is -0.121. The molecule has 1 aliphatic rings. The van der Waals surface area contributed by atoms with Crippen molar-refractivity contribution in [3.05, 3.63) is 71.3 Å². The van der Waals surface area contributed by atoms with Crippen LogP contribution < -0.4 is 5.32 Å². The maximum Gasteiger partial charge on any atom is 0.233 e. The Morgan fingerprint density at radius 3 is 2.74 bits per heavy atom. The van der Waals surface area contributed by atoms with E-state index in [1.165, 1.54) is 16.7 Å². The zero-order chi connectivity index (χ0) is 16.1. The van der Waals surface area contributed by atoms with Gasteiger partial charge in [-0.2, -0.15) is 0 Å². The smallest absolute Gasteiger partial charge is 0.233 e. The highest BCUT2D eigenvalue weighted by Crippen LogP contribution is 2.30. The van der Waals surface area contributed by atoms with Crippen LogP contribution in [0.5, 0.6) is 0 Å². The summed E-state index contributed by atoms with van der Waals surface area (Å²) in [4.78, 5) is 12.5. The summed E-state index contributed by atoms with van der Waals surface area (Å²) in [7, 11) is 0. The molecule has 1 aliphatic carbocycles. The number of thioether (sulfide) groups is 1. The normalized spacial score (nSPS) is 18.0. The molecular formula is C20H23NOS. The maximum atomic E-state index is 12.5. The summed E-state index contributed by atoms with van der Waals surface area (Å²) in [6.07, 6.45) is 3.31. The summed E-state index contributed by atoms with van der Waals surface area (Å²) in [6, 6.07) is 19.0. The molecule has 3 heteroatoms. The van der Waals surface area contributed by atoms with Gasteiger partial charge < -0.3 is 5.32 Å². The van der Waals surface area contributed by atoms with Crippen molar-refractivity contribution in [1.82, 2.24) is 5.32 Å². The van der Waals surface area contributed by atoms with Crippen LogP contribution in [0, 0.1) is 0 Å². The third kappa shape index (κ3) is 4.17.